The summed E-state index contributed by atoms with van der Waals surface area (Å²) < 4.78 is 1.91. The van der Waals surface area contributed by atoms with Gasteiger partial charge in [0.1, 0.15) is 6.17 Å². The number of allylic oxidation sites excluding steroid dienone is 1. The van der Waals surface area contributed by atoms with E-state index in [4.69, 9.17) is 24.4 Å². The molecule has 0 radical (unpaired) electrons. The van der Waals surface area contributed by atoms with E-state index < -0.39 is 0 Å². The molecule has 2 heterocycles. The highest BCUT2D eigenvalue weighted by atomic mass is 35.5. The second kappa shape index (κ2) is 7.20. The first kappa shape index (κ1) is 18.6. The number of halogens is 1. The number of hydrogen-bond donors (Lipinski definition) is 2. The number of nitriles is 1. The van der Waals surface area contributed by atoms with E-state index in [1.807, 2.05) is 16.5 Å². The van der Waals surface area contributed by atoms with Gasteiger partial charge in [-0.25, -0.2) is 0 Å². The molecule has 0 aromatic heterocycles. The van der Waals surface area contributed by atoms with Crippen molar-refractivity contribution >= 4 is 24.4 Å². The number of nitrogens with one attached hydrogen (secondary N) is 1. The third kappa shape index (κ3) is 3.17. The highest BCUT2D eigenvalue weighted by Crippen LogP contribution is 2.45. The minimum Gasteiger partial charge on any atom is -0.371 e. The van der Waals surface area contributed by atoms with Gasteiger partial charge in [0.05, 0.1) is 23.6 Å². The number of fused-ring (bicyclic) bond motifs is 1. The highest BCUT2D eigenvalue weighted by Gasteiger charge is 2.54. The fraction of sp³-hybridized carbons (Fsp3) is 0.526. The molecule has 4 atom stereocenters. The van der Waals surface area contributed by atoms with Crippen molar-refractivity contribution < 1.29 is 0 Å². The number of rotatable bonds is 4. The lowest BCUT2D eigenvalue weighted by Crippen LogP contribution is -2.58. The van der Waals surface area contributed by atoms with E-state index in [1.54, 1.807) is 0 Å². The molecule has 4 unspecified atom stereocenters. The normalized spacial score (nSPS) is 32.6. The monoisotopic (exact) mass is 376 g/mol. The molecular formula is C19H25ClN4S. The second-order valence-electron chi connectivity index (χ2n) is 7.08. The molecule has 0 spiro atoms. The van der Waals surface area contributed by atoms with Gasteiger partial charge >= 0.3 is 0 Å². The zero-order chi connectivity index (χ0) is 18.2. The van der Waals surface area contributed by atoms with Crippen LogP contribution >= 0.6 is 24.4 Å². The molecule has 25 heavy (non-hydrogen) atoms. The van der Waals surface area contributed by atoms with Gasteiger partial charge in [-0.2, -0.15) is 14.7 Å². The average molecular weight is 377 g/mol. The van der Waals surface area contributed by atoms with Crippen molar-refractivity contribution in [2.75, 3.05) is 0 Å². The van der Waals surface area contributed by atoms with Crippen LogP contribution in [0.3, 0.4) is 0 Å². The Kier molecular flexibility index (Phi) is 5.36. The molecule has 0 amide bonds. The van der Waals surface area contributed by atoms with E-state index in [0.29, 0.717) is 0 Å². The number of hydrazine groups is 1. The Hall–Kier alpha value is -1.19. The largest absolute Gasteiger partial charge is 0.371 e. The van der Waals surface area contributed by atoms with Crippen LogP contribution in [0, 0.1) is 17.2 Å². The van der Waals surface area contributed by atoms with Crippen LogP contribution < -0.4 is 5.32 Å². The summed E-state index contributed by atoms with van der Waals surface area (Å²) in [4.78, 5) is 0. The molecule has 1 N–H and O–H groups in total. The lowest BCUT2D eigenvalue weighted by Gasteiger charge is -2.47. The van der Waals surface area contributed by atoms with Gasteiger partial charge in [-0.3, -0.25) is 0 Å². The van der Waals surface area contributed by atoms with E-state index in [2.05, 4.69) is 55.4 Å². The zero-order valence-corrected chi connectivity index (χ0v) is 16.6. The van der Waals surface area contributed by atoms with E-state index >= 15 is 0 Å². The van der Waals surface area contributed by atoms with Gasteiger partial charge in [0.2, 0.25) is 0 Å². The van der Waals surface area contributed by atoms with Crippen molar-refractivity contribution in [3.8, 4) is 6.07 Å². The molecule has 1 aromatic rings. The first-order valence-electron chi connectivity index (χ1n) is 8.83. The van der Waals surface area contributed by atoms with Gasteiger partial charge in [0.15, 0.2) is 0 Å². The van der Waals surface area contributed by atoms with Crippen LogP contribution in [-0.2, 0) is 5.54 Å². The summed E-state index contributed by atoms with van der Waals surface area (Å²) in [6.07, 6.45) is 5.44. The van der Waals surface area contributed by atoms with Gasteiger partial charge < -0.3 is 5.32 Å². The number of unbranched alkanes of at least 4 members (excludes halogenated alkanes) is 1. The van der Waals surface area contributed by atoms with Gasteiger partial charge in [-0.1, -0.05) is 49.9 Å². The molecule has 1 saturated heterocycles. The first-order chi connectivity index (χ1) is 11.9. The molecule has 4 nitrogen and oxygen atoms in total. The lowest BCUT2D eigenvalue weighted by molar-refractivity contribution is -0.0314. The smallest absolute Gasteiger partial charge is 0.112 e. The fourth-order valence-electron chi connectivity index (χ4n) is 3.87. The van der Waals surface area contributed by atoms with Crippen molar-refractivity contribution in [1.82, 2.24) is 14.7 Å². The summed E-state index contributed by atoms with van der Waals surface area (Å²) in [7, 11) is 0. The van der Waals surface area contributed by atoms with Crippen molar-refractivity contribution in [2.45, 2.75) is 57.8 Å². The Bertz CT molecular complexity index is 698. The number of thiol groups is 1. The molecule has 6 heteroatoms. The summed E-state index contributed by atoms with van der Waals surface area (Å²) in [6.45, 7) is 6.43. The van der Waals surface area contributed by atoms with E-state index in [9.17, 15) is 5.26 Å². The van der Waals surface area contributed by atoms with Crippen molar-refractivity contribution in [3.05, 3.63) is 46.6 Å². The minimum atomic E-state index is -0.384. The maximum absolute atomic E-state index is 9.72. The van der Waals surface area contributed by atoms with Crippen molar-refractivity contribution in [1.29, 1.82) is 5.26 Å². The third-order valence-electron chi connectivity index (χ3n) is 5.35. The Morgan fingerprint density at radius 2 is 2.04 bits per heavy atom. The third-order valence-corrected chi connectivity index (χ3v) is 6.16. The Labute approximate surface area is 161 Å². The first-order valence-corrected chi connectivity index (χ1v) is 9.61. The minimum absolute atomic E-state index is 0.0244. The van der Waals surface area contributed by atoms with Gasteiger partial charge in [0.25, 0.3) is 0 Å². The number of hydrogen-bond acceptors (Lipinski definition) is 5. The standard InChI is InChI=1S/C19H25ClN4S/c1-4-5-6-16-11-19(3,14-7-9-15(20)10-8-14)23-18(22-16)17(12-21)13(2)24(23)25/h7-11,13,17-18,22,25H,4-6H2,1-3H3. The lowest BCUT2D eigenvalue weighted by atomic mass is 9.86. The molecule has 1 fully saturated rings. The summed E-state index contributed by atoms with van der Waals surface area (Å²) >= 11 is 10.8. The van der Waals surface area contributed by atoms with Gasteiger partial charge in [-0.15, -0.1) is 0 Å². The van der Waals surface area contributed by atoms with Crippen molar-refractivity contribution in [2.24, 2.45) is 5.92 Å². The predicted octanol–water partition coefficient (Wildman–Crippen LogP) is 4.46. The zero-order valence-electron chi connectivity index (χ0n) is 14.9. The maximum atomic E-state index is 9.72. The SMILES string of the molecule is CCCCC1=CC(C)(c2ccc(Cl)cc2)N2C(N1)C(C#N)C(C)N2S. The van der Waals surface area contributed by atoms with E-state index in [0.717, 1.165) is 29.8 Å². The molecule has 0 aliphatic carbocycles. The molecule has 1 aromatic carbocycles. The Morgan fingerprint density at radius 3 is 2.64 bits per heavy atom. The summed E-state index contributed by atoms with van der Waals surface area (Å²) in [5, 5.41) is 16.2. The van der Waals surface area contributed by atoms with Crippen LogP contribution in [-0.4, -0.2) is 21.6 Å². The number of benzene rings is 1. The topological polar surface area (TPSA) is 42.3 Å². The molecule has 0 bridgehead atoms. The van der Waals surface area contributed by atoms with Crippen LogP contribution in [0.25, 0.3) is 0 Å². The van der Waals surface area contributed by atoms with Crippen LogP contribution in [0.5, 0.6) is 0 Å². The van der Waals surface area contributed by atoms with E-state index in [-0.39, 0.29) is 23.7 Å². The van der Waals surface area contributed by atoms with Crippen molar-refractivity contribution in [3.63, 3.8) is 0 Å². The molecule has 2 aliphatic heterocycles. The van der Waals surface area contributed by atoms with E-state index in [1.165, 1.54) is 5.70 Å². The molecule has 3 rings (SSSR count). The van der Waals surface area contributed by atoms with Gasteiger partial charge in [-0.05, 0) is 50.5 Å². The fourth-order valence-corrected chi connectivity index (χ4v) is 4.43. The van der Waals surface area contributed by atoms with Crippen LogP contribution in [0.1, 0.15) is 45.6 Å². The molecule has 2 aliphatic rings. The molecule has 0 saturated carbocycles. The summed E-state index contributed by atoms with van der Waals surface area (Å²) in [6, 6.07) is 10.5. The average Bonchev–Trinajstić information content (AvgIpc) is 2.84. The maximum Gasteiger partial charge on any atom is 0.112 e. The van der Waals surface area contributed by atoms with Crippen LogP contribution in [0.4, 0.5) is 0 Å². The summed E-state index contributed by atoms with van der Waals surface area (Å²) in [5.74, 6) is -0.158. The quantitative estimate of drug-likeness (QED) is 0.761. The summed E-state index contributed by atoms with van der Waals surface area (Å²) in [5.41, 5.74) is 1.96. The van der Waals surface area contributed by atoms with Gasteiger partial charge in [0, 0.05) is 10.7 Å². The Morgan fingerprint density at radius 1 is 1.36 bits per heavy atom. The highest BCUT2D eigenvalue weighted by molar-refractivity contribution is 7.77. The number of nitrogens with zero attached hydrogens (tertiary/aromatic N) is 3. The van der Waals surface area contributed by atoms with Crippen LogP contribution in [0.15, 0.2) is 36.0 Å². The molecular weight excluding hydrogens is 352 g/mol. The van der Waals surface area contributed by atoms with Crippen LogP contribution in [0.2, 0.25) is 5.02 Å². The second-order valence-corrected chi connectivity index (χ2v) is 7.92. The molecule has 134 valence electrons. The Balaban J connectivity index is 2.08. The predicted molar refractivity (Wildman–Crippen MR) is 105 cm³/mol.